The average molecular weight is 347 g/mol. The van der Waals surface area contributed by atoms with E-state index in [-0.39, 0.29) is 5.91 Å². The Labute approximate surface area is 153 Å². The number of rotatable bonds is 6. The van der Waals surface area contributed by atoms with E-state index >= 15 is 0 Å². The number of carbonyl (C=O) groups is 1. The van der Waals surface area contributed by atoms with Gasteiger partial charge in [-0.2, -0.15) is 0 Å². The lowest BCUT2D eigenvalue weighted by Gasteiger charge is -2.13. The molecule has 26 heavy (non-hydrogen) atoms. The quantitative estimate of drug-likeness (QED) is 0.699. The fourth-order valence-corrected chi connectivity index (χ4v) is 2.59. The van der Waals surface area contributed by atoms with Crippen LogP contribution in [0.2, 0.25) is 0 Å². The van der Waals surface area contributed by atoms with Crippen molar-refractivity contribution in [2.24, 2.45) is 0 Å². The van der Waals surface area contributed by atoms with Crippen molar-refractivity contribution in [2.75, 3.05) is 17.7 Å². The third-order valence-electron chi connectivity index (χ3n) is 4.00. The van der Waals surface area contributed by atoms with Crippen LogP contribution in [0, 0.1) is 6.92 Å². The van der Waals surface area contributed by atoms with E-state index in [0.29, 0.717) is 17.9 Å². The molecule has 0 spiro atoms. The van der Waals surface area contributed by atoms with E-state index < -0.39 is 0 Å². The molecule has 0 bridgehead atoms. The molecule has 3 rings (SSSR count). The number of aromatic nitrogens is 1. The van der Waals surface area contributed by atoms with Crippen LogP contribution in [-0.4, -0.2) is 18.0 Å². The van der Waals surface area contributed by atoms with Crippen LogP contribution in [-0.2, 0) is 6.54 Å². The summed E-state index contributed by atoms with van der Waals surface area (Å²) in [5.74, 6) is 1.12. The highest BCUT2D eigenvalue weighted by molar-refractivity contribution is 6.07. The summed E-state index contributed by atoms with van der Waals surface area (Å²) in [6, 6.07) is 18.9. The van der Waals surface area contributed by atoms with Crippen LogP contribution < -0.4 is 15.4 Å². The van der Waals surface area contributed by atoms with Crippen molar-refractivity contribution in [3.05, 3.63) is 83.6 Å². The summed E-state index contributed by atoms with van der Waals surface area (Å²) in [5, 5.41) is 6.13. The van der Waals surface area contributed by atoms with Gasteiger partial charge in [0.25, 0.3) is 5.91 Å². The molecule has 0 saturated carbocycles. The van der Waals surface area contributed by atoms with Crippen LogP contribution in [0.15, 0.2) is 66.9 Å². The summed E-state index contributed by atoms with van der Waals surface area (Å²) in [4.78, 5) is 17.0. The summed E-state index contributed by atoms with van der Waals surface area (Å²) in [5.41, 5.74) is 3.37. The summed E-state index contributed by atoms with van der Waals surface area (Å²) in [7, 11) is 1.64. The molecular weight excluding hydrogens is 326 g/mol. The number of ether oxygens (including phenoxy) is 1. The Morgan fingerprint density at radius 3 is 2.58 bits per heavy atom. The first-order valence-electron chi connectivity index (χ1n) is 8.36. The van der Waals surface area contributed by atoms with Crippen LogP contribution in [0.25, 0.3) is 0 Å². The number of hydrogen-bond donors (Lipinski definition) is 2. The molecule has 1 heterocycles. The number of para-hydroxylation sites is 1. The zero-order valence-corrected chi connectivity index (χ0v) is 14.8. The molecule has 1 amide bonds. The van der Waals surface area contributed by atoms with Crippen molar-refractivity contribution < 1.29 is 9.53 Å². The smallest absolute Gasteiger partial charge is 0.259 e. The number of amides is 1. The minimum Gasteiger partial charge on any atom is -0.496 e. The molecule has 3 aromatic rings. The van der Waals surface area contributed by atoms with Gasteiger partial charge in [0.1, 0.15) is 11.6 Å². The number of aryl methyl sites for hydroxylation is 1. The molecule has 0 fully saturated rings. The Hall–Kier alpha value is -3.34. The van der Waals surface area contributed by atoms with Crippen molar-refractivity contribution in [1.29, 1.82) is 0 Å². The minimum atomic E-state index is -0.204. The van der Waals surface area contributed by atoms with Gasteiger partial charge in [0.2, 0.25) is 0 Å². The molecule has 5 heteroatoms. The maximum atomic E-state index is 12.6. The lowest BCUT2D eigenvalue weighted by Crippen LogP contribution is -2.15. The number of nitrogens with one attached hydrogen (secondary N) is 2. The highest BCUT2D eigenvalue weighted by atomic mass is 16.5. The number of anilines is 2. The molecule has 2 N–H and O–H groups in total. The van der Waals surface area contributed by atoms with Gasteiger partial charge in [-0.15, -0.1) is 0 Å². The fraction of sp³-hybridized carbons (Fsp3) is 0.143. The van der Waals surface area contributed by atoms with Crippen molar-refractivity contribution >= 4 is 17.4 Å². The van der Waals surface area contributed by atoms with E-state index in [1.165, 1.54) is 0 Å². The summed E-state index contributed by atoms with van der Waals surface area (Å²) in [6.45, 7) is 2.51. The van der Waals surface area contributed by atoms with E-state index in [0.717, 1.165) is 22.6 Å². The van der Waals surface area contributed by atoms with Crippen molar-refractivity contribution in [1.82, 2.24) is 4.98 Å². The summed E-state index contributed by atoms with van der Waals surface area (Å²) >= 11 is 0. The highest BCUT2D eigenvalue weighted by Crippen LogP contribution is 2.20. The second-order valence-electron chi connectivity index (χ2n) is 5.89. The Kier molecular flexibility index (Phi) is 5.49. The number of carbonyl (C=O) groups excluding carboxylic acids is 1. The van der Waals surface area contributed by atoms with Gasteiger partial charge in [0.15, 0.2) is 0 Å². The predicted molar refractivity (Wildman–Crippen MR) is 104 cm³/mol. The number of pyridine rings is 1. The van der Waals surface area contributed by atoms with Crippen LogP contribution in [0.4, 0.5) is 11.5 Å². The minimum absolute atomic E-state index is 0.204. The van der Waals surface area contributed by atoms with Crippen LogP contribution in [0.5, 0.6) is 5.75 Å². The molecular formula is C21H21N3O2. The third-order valence-corrected chi connectivity index (χ3v) is 4.00. The first-order chi connectivity index (χ1) is 12.7. The molecule has 1 aromatic heterocycles. The highest BCUT2D eigenvalue weighted by Gasteiger charge is 2.13. The molecule has 5 nitrogen and oxygen atoms in total. The van der Waals surface area contributed by atoms with Gasteiger partial charge in [-0.3, -0.25) is 4.79 Å². The van der Waals surface area contributed by atoms with Gasteiger partial charge in [0.05, 0.1) is 12.7 Å². The molecule has 0 aliphatic rings. The van der Waals surface area contributed by atoms with Crippen molar-refractivity contribution in [3.8, 4) is 5.75 Å². The average Bonchev–Trinajstić information content (AvgIpc) is 2.68. The van der Waals surface area contributed by atoms with Crippen LogP contribution >= 0.6 is 0 Å². The van der Waals surface area contributed by atoms with Crippen LogP contribution in [0.1, 0.15) is 21.5 Å². The predicted octanol–water partition coefficient (Wildman–Crippen LogP) is 4.26. The molecule has 0 aliphatic heterocycles. The Morgan fingerprint density at radius 2 is 1.81 bits per heavy atom. The van der Waals surface area contributed by atoms with E-state index in [2.05, 4.69) is 15.6 Å². The topological polar surface area (TPSA) is 63.2 Å². The maximum Gasteiger partial charge on any atom is 0.259 e. The van der Waals surface area contributed by atoms with Gasteiger partial charge in [0, 0.05) is 24.0 Å². The molecule has 0 aliphatic carbocycles. The molecule has 132 valence electrons. The Morgan fingerprint density at radius 1 is 1.04 bits per heavy atom. The lowest BCUT2D eigenvalue weighted by atomic mass is 10.2. The summed E-state index contributed by atoms with van der Waals surface area (Å²) < 4.78 is 5.36. The number of nitrogens with zero attached hydrogens (tertiary/aromatic N) is 1. The van der Waals surface area contributed by atoms with Crippen LogP contribution in [0.3, 0.4) is 0 Å². The molecule has 2 aromatic carbocycles. The van der Waals surface area contributed by atoms with E-state index in [1.807, 2.05) is 55.5 Å². The van der Waals surface area contributed by atoms with Gasteiger partial charge in [-0.25, -0.2) is 4.98 Å². The zero-order chi connectivity index (χ0) is 18.4. The first kappa shape index (κ1) is 17.5. The molecule has 0 radical (unpaired) electrons. The standard InChI is InChI=1S/C21H21N3O2/c1-15-9-11-17(12-10-15)24-21(25)18-7-5-13-22-20(18)23-14-16-6-3-4-8-19(16)26-2/h3-13H,14H2,1-2H3,(H,22,23)(H,24,25). The number of hydrogen-bond acceptors (Lipinski definition) is 4. The maximum absolute atomic E-state index is 12.6. The monoisotopic (exact) mass is 347 g/mol. The van der Waals surface area contributed by atoms with Gasteiger partial charge in [-0.05, 0) is 37.3 Å². The number of methoxy groups -OCH3 is 1. The fourth-order valence-electron chi connectivity index (χ4n) is 2.59. The summed E-state index contributed by atoms with van der Waals surface area (Å²) in [6.07, 6.45) is 1.66. The van der Waals surface area contributed by atoms with E-state index in [1.54, 1.807) is 25.4 Å². The van der Waals surface area contributed by atoms with Gasteiger partial charge >= 0.3 is 0 Å². The van der Waals surface area contributed by atoms with Gasteiger partial charge < -0.3 is 15.4 Å². The molecule has 0 saturated heterocycles. The van der Waals surface area contributed by atoms with Gasteiger partial charge in [-0.1, -0.05) is 35.9 Å². The van der Waals surface area contributed by atoms with Crippen molar-refractivity contribution in [3.63, 3.8) is 0 Å². The van der Waals surface area contributed by atoms with E-state index in [9.17, 15) is 4.79 Å². The molecule has 0 unspecified atom stereocenters. The third kappa shape index (κ3) is 4.19. The number of benzene rings is 2. The zero-order valence-electron chi connectivity index (χ0n) is 14.8. The molecule has 0 atom stereocenters. The first-order valence-corrected chi connectivity index (χ1v) is 8.36. The normalized spacial score (nSPS) is 10.2. The second kappa shape index (κ2) is 8.16. The lowest BCUT2D eigenvalue weighted by molar-refractivity contribution is 0.102. The Balaban J connectivity index is 1.75. The SMILES string of the molecule is COc1ccccc1CNc1ncccc1C(=O)Nc1ccc(C)cc1. The van der Waals surface area contributed by atoms with Crippen molar-refractivity contribution in [2.45, 2.75) is 13.5 Å². The largest absolute Gasteiger partial charge is 0.496 e. The second-order valence-corrected chi connectivity index (χ2v) is 5.89. The van der Waals surface area contributed by atoms with E-state index in [4.69, 9.17) is 4.74 Å². The Bertz CT molecular complexity index is 892.